The van der Waals surface area contributed by atoms with E-state index in [1.807, 2.05) is 19.0 Å². The zero-order chi connectivity index (χ0) is 13.0. The third-order valence-corrected chi connectivity index (χ3v) is 4.97. The molecule has 2 fully saturated rings. The van der Waals surface area contributed by atoms with Crippen LogP contribution in [0, 0.1) is 11.3 Å². The SMILES string of the molecule is CNCC1(C(=O)N(C)CCC2CCCC2)CCC1. The normalized spacial score (nSPS) is 22.8. The van der Waals surface area contributed by atoms with Crippen LogP contribution in [0.15, 0.2) is 0 Å². The molecule has 0 aromatic carbocycles. The van der Waals surface area contributed by atoms with Crippen LogP contribution in [0.1, 0.15) is 51.4 Å². The van der Waals surface area contributed by atoms with Gasteiger partial charge >= 0.3 is 0 Å². The first-order valence-corrected chi connectivity index (χ1v) is 7.58. The van der Waals surface area contributed by atoms with E-state index in [9.17, 15) is 4.79 Å². The number of nitrogens with zero attached hydrogens (tertiary/aromatic N) is 1. The molecule has 1 N–H and O–H groups in total. The second-order valence-electron chi connectivity index (χ2n) is 6.33. The van der Waals surface area contributed by atoms with Crippen LogP contribution in [0.25, 0.3) is 0 Å². The highest BCUT2D eigenvalue weighted by Crippen LogP contribution is 2.42. The highest BCUT2D eigenvalue weighted by molar-refractivity contribution is 5.83. The van der Waals surface area contributed by atoms with E-state index in [1.54, 1.807) is 0 Å². The van der Waals surface area contributed by atoms with Crippen molar-refractivity contribution < 1.29 is 4.79 Å². The molecule has 0 aliphatic heterocycles. The molecule has 0 aromatic rings. The van der Waals surface area contributed by atoms with E-state index in [1.165, 1.54) is 38.5 Å². The predicted molar refractivity (Wildman–Crippen MR) is 74.4 cm³/mol. The second-order valence-corrected chi connectivity index (χ2v) is 6.33. The Bertz CT molecular complexity index is 280. The molecule has 2 aliphatic rings. The van der Waals surface area contributed by atoms with Gasteiger partial charge in [-0.05, 0) is 32.2 Å². The van der Waals surface area contributed by atoms with Crippen LogP contribution < -0.4 is 5.32 Å². The molecule has 3 nitrogen and oxygen atoms in total. The Morgan fingerprint density at radius 2 is 1.94 bits per heavy atom. The third kappa shape index (κ3) is 2.87. The van der Waals surface area contributed by atoms with E-state index in [4.69, 9.17) is 0 Å². The molecule has 104 valence electrons. The summed E-state index contributed by atoms with van der Waals surface area (Å²) in [5.74, 6) is 1.25. The molecule has 2 saturated carbocycles. The fourth-order valence-corrected chi connectivity index (χ4v) is 3.59. The molecule has 2 rings (SSSR count). The van der Waals surface area contributed by atoms with Crippen LogP contribution in [0.4, 0.5) is 0 Å². The molecule has 0 heterocycles. The third-order valence-electron chi connectivity index (χ3n) is 4.97. The molecule has 1 amide bonds. The number of carbonyl (C=O) groups excluding carboxylic acids is 1. The van der Waals surface area contributed by atoms with E-state index < -0.39 is 0 Å². The quantitative estimate of drug-likeness (QED) is 0.787. The van der Waals surface area contributed by atoms with Gasteiger partial charge in [-0.15, -0.1) is 0 Å². The molecule has 0 atom stereocenters. The first-order valence-electron chi connectivity index (χ1n) is 7.58. The van der Waals surface area contributed by atoms with Crippen LogP contribution in [0.2, 0.25) is 0 Å². The summed E-state index contributed by atoms with van der Waals surface area (Å²) in [6.07, 6.45) is 10.1. The van der Waals surface area contributed by atoms with Gasteiger partial charge in [-0.1, -0.05) is 32.1 Å². The smallest absolute Gasteiger partial charge is 0.229 e. The molecule has 18 heavy (non-hydrogen) atoms. The van der Waals surface area contributed by atoms with Crippen molar-refractivity contribution in [2.45, 2.75) is 51.4 Å². The van der Waals surface area contributed by atoms with Crippen molar-refractivity contribution in [1.29, 1.82) is 0 Å². The molecule has 0 radical (unpaired) electrons. The average Bonchev–Trinajstić information content (AvgIpc) is 2.83. The maximum absolute atomic E-state index is 12.5. The highest BCUT2D eigenvalue weighted by Gasteiger charge is 2.44. The van der Waals surface area contributed by atoms with Crippen molar-refractivity contribution in [2.24, 2.45) is 11.3 Å². The van der Waals surface area contributed by atoms with Crippen molar-refractivity contribution in [3.05, 3.63) is 0 Å². The maximum atomic E-state index is 12.5. The second kappa shape index (κ2) is 6.05. The van der Waals surface area contributed by atoms with Crippen LogP contribution in [0.5, 0.6) is 0 Å². The Morgan fingerprint density at radius 3 is 2.44 bits per heavy atom. The zero-order valence-electron chi connectivity index (χ0n) is 12.0. The minimum atomic E-state index is -0.0703. The predicted octanol–water partition coefficient (Wildman–Crippen LogP) is 2.41. The summed E-state index contributed by atoms with van der Waals surface area (Å²) >= 11 is 0. The van der Waals surface area contributed by atoms with Crippen molar-refractivity contribution in [3.8, 4) is 0 Å². The first kappa shape index (κ1) is 13.9. The summed E-state index contributed by atoms with van der Waals surface area (Å²) < 4.78 is 0. The molecule has 0 bridgehead atoms. The Labute approximate surface area is 111 Å². The zero-order valence-corrected chi connectivity index (χ0v) is 12.0. The molecule has 0 spiro atoms. The summed E-state index contributed by atoms with van der Waals surface area (Å²) in [5.41, 5.74) is -0.0703. The van der Waals surface area contributed by atoms with Crippen LogP contribution in [-0.4, -0.2) is 38.0 Å². The highest BCUT2D eigenvalue weighted by atomic mass is 16.2. The summed E-state index contributed by atoms with van der Waals surface area (Å²) in [5, 5.41) is 3.20. The number of nitrogens with one attached hydrogen (secondary N) is 1. The number of rotatable bonds is 6. The lowest BCUT2D eigenvalue weighted by Gasteiger charge is -2.42. The number of hydrogen-bond donors (Lipinski definition) is 1. The van der Waals surface area contributed by atoms with Gasteiger partial charge in [0.15, 0.2) is 0 Å². The van der Waals surface area contributed by atoms with Crippen molar-refractivity contribution in [2.75, 3.05) is 27.2 Å². The Kier molecular flexibility index (Phi) is 4.66. The van der Waals surface area contributed by atoms with Crippen molar-refractivity contribution in [3.63, 3.8) is 0 Å². The number of amides is 1. The van der Waals surface area contributed by atoms with Crippen molar-refractivity contribution >= 4 is 5.91 Å². The van der Waals surface area contributed by atoms with Gasteiger partial charge in [0.1, 0.15) is 0 Å². The van der Waals surface area contributed by atoms with E-state index in [0.29, 0.717) is 5.91 Å². The molecule has 3 heteroatoms. The van der Waals surface area contributed by atoms with E-state index in [0.717, 1.165) is 31.8 Å². The van der Waals surface area contributed by atoms with E-state index in [-0.39, 0.29) is 5.41 Å². The van der Waals surface area contributed by atoms with Gasteiger partial charge < -0.3 is 10.2 Å². The topological polar surface area (TPSA) is 32.3 Å². The molecule has 0 saturated heterocycles. The lowest BCUT2D eigenvalue weighted by molar-refractivity contribution is -0.145. The molecular weight excluding hydrogens is 224 g/mol. The van der Waals surface area contributed by atoms with E-state index in [2.05, 4.69) is 5.32 Å². The largest absolute Gasteiger partial charge is 0.345 e. The lowest BCUT2D eigenvalue weighted by Crippen LogP contribution is -2.51. The van der Waals surface area contributed by atoms with Crippen molar-refractivity contribution in [1.82, 2.24) is 10.2 Å². The van der Waals surface area contributed by atoms with Crippen LogP contribution >= 0.6 is 0 Å². The minimum absolute atomic E-state index is 0.0703. The van der Waals surface area contributed by atoms with Gasteiger partial charge in [0.2, 0.25) is 5.91 Å². The summed E-state index contributed by atoms with van der Waals surface area (Å²) in [7, 11) is 3.94. The van der Waals surface area contributed by atoms with Gasteiger partial charge in [0.05, 0.1) is 5.41 Å². The Balaban J connectivity index is 1.79. The molecular formula is C15H28N2O. The van der Waals surface area contributed by atoms with Gasteiger partial charge in [-0.25, -0.2) is 0 Å². The fraction of sp³-hybridized carbons (Fsp3) is 0.933. The van der Waals surface area contributed by atoms with E-state index >= 15 is 0 Å². The van der Waals surface area contributed by atoms with Gasteiger partial charge in [0.25, 0.3) is 0 Å². The average molecular weight is 252 g/mol. The van der Waals surface area contributed by atoms with Crippen LogP contribution in [0.3, 0.4) is 0 Å². The minimum Gasteiger partial charge on any atom is -0.345 e. The molecule has 0 unspecified atom stereocenters. The number of carbonyl (C=O) groups is 1. The maximum Gasteiger partial charge on any atom is 0.229 e. The van der Waals surface area contributed by atoms with Gasteiger partial charge in [0, 0.05) is 20.1 Å². The summed E-state index contributed by atoms with van der Waals surface area (Å²) in [6, 6.07) is 0. The van der Waals surface area contributed by atoms with Crippen LogP contribution in [-0.2, 0) is 4.79 Å². The monoisotopic (exact) mass is 252 g/mol. The molecule has 0 aromatic heterocycles. The molecule has 2 aliphatic carbocycles. The summed E-state index contributed by atoms with van der Waals surface area (Å²) in [6.45, 7) is 1.80. The Hall–Kier alpha value is -0.570. The summed E-state index contributed by atoms with van der Waals surface area (Å²) in [4.78, 5) is 14.5. The fourth-order valence-electron chi connectivity index (χ4n) is 3.59. The van der Waals surface area contributed by atoms with Gasteiger partial charge in [-0.3, -0.25) is 4.79 Å². The lowest BCUT2D eigenvalue weighted by atomic mass is 9.67. The Morgan fingerprint density at radius 1 is 1.28 bits per heavy atom. The number of hydrogen-bond acceptors (Lipinski definition) is 2. The first-order chi connectivity index (χ1) is 8.68. The van der Waals surface area contributed by atoms with Gasteiger partial charge in [-0.2, -0.15) is 0 Å². The standard InChI is InChI=1S/C15H28N2O/c1-16-12-15(9-5-10-15)14(18)17(2)11-8-13-6-3-4-7-13/h13,16H,3-12H2,1-2H3.